The van der Waals surface area contributed by atoms with E-state index in [0.717, 1.165) is 18.4 Å². The maximum atomic E-state index is 11.5. The highest BCUT2D eigenvalue weighted by atomic mass is 16.5. The van der Waals surface area contributed by atoms with Crippen molar-refractivity contribution in [3.8, 4) is 0 Å². The van der Waals surface area contributed by atoms with E-state index in [9.17, 15) is 9.59 Å². The van der Waals surface area contributed by atoms with Crippen LogP contribution in [0.15, 0.2) is 48.5 Å². The number of methoxy groups -OCH3 is 1. The summed E-state index contributed by atoms with van der Waals surface area (Å²) in [6, 6.07) is 14.6. The standard InChI is InChI=1S/C21H24O4/c1-14(16-6-10-18(11-7-16)20(22)23)4-5-15(2)17-8-12-19(13-9-17)21(24)25-3/h6-15H,4-5H2,1-3H3,(H,22,23). The third-order valence-electron chi connectivity index (χ3n) is 4.66. The molecule has 4 heteroatoms. The van der Waals surface area contributed by atoms with E-state index < -0.39 is 5.97 Å². The predicted molar refractivity (Wildman–Crippen MR) is 97.2 cm³/mol. The minimum atomic E-state index is -0.900. The van der Waals surface area contributed by atoms with Crippen molar-refractivity contribution in [1.29, 1.82) is 0 Å². The molecule has 2 aromatic carbocycles. The second-order valence-electron chi connectivity index (χ2n) is 6.42. The molecule has 4 nitrogen and oxygen atoms in total. The fraction of sp³-hybridized carbons (Fsp3) is 0.333. The second kappa shape index (κ2) is 8.47. The summed E-state index contributed by atoms with van der Waals surface area (Å²) in [6.45, 7) is 4.33. The molecule has 0 fully saturated rings. The van der Waals surface area contributed by atoms with Crippen LogP contribution in [0.2, 0.25) is 0 Å². The van der Waals surface area contributed by atoms with E-state index >= 15 is 0 Å². The number of rotatable bonds is 7. The van der Waals surface area contributed by atoms with Crippen molar-refractivity contribution >= 4 is 11.9 Å². The molecule has 2 aromatic rings. The van der Waals surface area contributed by atoms with Gasteiger partial charge in [-0.15, -0.1) is 0 Å². The molecule has 0 aliphatic rings. The fourth-order valence-corrected chi connectivity index (χ4v) is 2.85. The molecule has 132 valence electrons. The van der Waals surface area contributed by atoms with Crippen molar-refractivity contribution in [2.75, 3.05) is 7.11 Å². The van der Waals surface area contributed by atoms with E-state index in [1.165, 1.54) is 12.7 Å². The van der Waals surface area contributed by atoms with Crippen LogP contribution in [-0.2, 0) is 4.74 Å². The van der Waals surface area contributed by atoms with Crippen LogP contribution < -0.4 is 0 Å². The van der Waals surface area contributed by atoms with E-state index in [1.807, 2.05) is 24.3 Å². The smallest absolute Gasteiger partial charge is 0.337 e. The van der Waals surface area contributed by atoms with Crippen molar-refractivity contribution in [3.63, 3.8) is 0 Å². The Morgan fingerprint density at radius 2 is 1.24 bits per heavy atom. The van der Waals surface area contributed by atoms with Crippen LogP contribution in [0.1, 0.15) is 70.4 Å². The number of carbonyl (C=O) groups is 2. The molecular formula is C21H24O4. The molecule has 1 N–H and O–H groups in total. The second-order valence-corrected chi connectivity index (χ2v) is 6.42. The highest BCUT2D eigenvalue weighted by Gasteiger charge is 2.12. The Hall–Kier alpha value is -2.62. The number of benzene rings is 2. The number of esters is 1. The monoisotopic (exact) mass is 340 g/mol. The lowest BCUT2D eigenvalue weighted by atomic mass is 9.89. The van der Waals surface area contributed by atoms with E-state index in [1.54, 1.807) is 24.3 Å². The lowest BCUT2D eigenvalue weighted by Gasteiger charge is -2.17. The van der Waals surface area contributed by atoms with Crippen LogP contribution in [0.5, 0.6) is 0 Å². The van der Waals surface area contributed by atoms with Gasteiger partial charge in [0, 0.05) is 0 Å². The van der Waals surface area contributed by atoms with Gasteiger partial charge < -0.3 is 9.84 Å². The first-order chi connectivity index (χ1) is 11.9. The summed E-state index contributed by atoms with van der Waals surface area (Å²) in [6.07, 6.45) is 2.02. The summed E-state index contributed by atoms with van der Waals surface area (Å²) in [5, 5.41) is 8.96. The van der Waals surface area contributed by atoms with Crippen LogP contribution in [-0.4, -0.2) is 24.2 Å². The summed E-state index contributed by atoms with van der Waals surface area (Å²) in [7, 11) is 1.38. The zero-order chi connectivity index (χ0) is 18.4. The number of carbonyl (C=O) groups excluding carboxylic acids is 1. The van der Waals surface area contributed by atoms with Crippen LogP contribution >= 0.6 is 0 Å². The van der Waals surface area contributed by atoms with Gasteiger partial charge in [-0.25, -0.2) is 9.59 Å². The zero-order valence-corrected chi connectivity index (χ0v) is 14.9. The highest BCUT2D eigenvalue weighted by molar-refractivity contribution is 5.89. The Balaban J connectivity index is 1.93. The van der Waals surface area contributed by atoms with Crippen molar-refractivity contribution in [1.82, 2.24) is 0 Å². The molecule has 0 aliphatic heterocycles. The molecule has 0 aromatic heterocycles. The number of hydrogen-bond acceptors (Lipinski definition) is 3. The molecule has 0 bridgehead atoms. The average molecular weight is 340 g/mol. The Bertz CT molecular complexity index is 717. The third kappa shape index (κ3) is 4.92. The Labute approximate surface area is 148 Å². The lowest BCUT2D eigenvalue weighted by Crippen LogP contribution is -2.03. The normalized spacial score (nSPS) is 13.1. The van der Waals surface area contributed by atoms with Gasteiger partial charge in [0.05, 0.1) is 18.2 Å². The Kier molecular flexibility index (Phi) is 6.34. The van der Waals surface area contributed by atoms with Gasteiger partial charge in [0.25, 0.3) is 0 Å². The Morgan fingerprint density at radius 3 is 1.60 bits per heavy atom. The molecule has 2 unspecified atom stereocenters. The lowest BCUT2D eigenvalue weighted by molar-refractivity contribution is 0.0599. The quantitative estimate of drug-likeness (QED) is 0.731. The maximum absolute atomic E-state index is 11.5. The molecule has 0 aliphatic carbocycles. The number of carboxylic acids is 1. The molecule has 0 spiro atoms. The van der Waals surface area contributed by atoms with Gasteiger partial charge in [-0.3, -0.25) is 0 Å². The van der Waals surface area contributed by atoms with Gasteiger partial charge in [-0.1, -0.05) is 38.1 Å². The van der Waals surface area contributed by atoms with E-state index in [4.69, 9.17) is 9.84 Å². The predicted octanol–water partition coefficient (Wildman–Crippen LogP) is 4.86. The molecule has 25 heavy (non-hydrogen) atoms. The van der Waals surface area contributed by atoms with Gasteiger partial charge in [0.2, 0.25) is 0 Å². The van der Waals surface area contributed by atoms with Crippen LogP contribution in [0.3, 0.4) is 0 Å². The topological polar surface area (TPSA) is 63.6 Å². The molecule has 0 amide bonds. The van der Waals surface area contributed by atoms with Crippen LogP contribution in [0.25, 0.3) is 0 Å². The van der Waals surface area contributed by atoms with Crippen LogP contribution in [0.4, 0.5) is 0 Å². The van der Waals surface area contributed by atoms with Gasteiger partial charge in [-0.05, 0) is 60.1 Å². The first-order valence-corrected chi connectivity index (χ1v) is 8.44. The number of ether oxygens (including phenoxy) is 1. The summed E-state index contributed by atoms with van der Waals surface area (Å²) in [4.78, 5) is 22.4. The summed E-state index contributed by atoms with van der Waals surface area (Å²) < 4.78 is 4.71. The fourth-order valence-electron chi connectivity index (χ4n) is 2.85. The van der Waals surface area contributed by atoms with Crippen LogP contribution in [0, 0.1) is 0 Å². The average Bonchev–Trinajstić information content (AvgIpc) is 2.65. The van der Waals surface area contributed by atoms with E-state index in [2.05, 4.69) is 13.8 Å². The molecule has 0 saturated carbocycles. The molecule has 0 heterocycles. The first-order valence-electron chi connectivity index (χ1n) is 8.44. The molecule has 0 radical (unpaired) electrons. The zero-order valence-electron chi connectivity index (χ0n) is 14.9. The molecule has 2 atom stereocenters. The number of carboxylic acid groups (broad SMARTS) is 1. The highest BCUT2D eigenvalue weighted by Crippen LogP contribution is 2.28. The third-order valence-corrected chi connectivity index (χ3v) is 4.66. The number of hydrogen-bond donors (Lipinski definition) is 1. The summed E-state index contributed by atoms with van der Waals surface area (Å²) in [5.41, 5.74) is 3.22. The van der Waals surface area contributed by atoms with Gasteiger partial charge in [0.15, 0.2) is 0 Å². The van der Waals surface area contributed by atoms with E-state index in [-0.39, 0.29) is 5.97 Å². The maximum Gasteiger partial charge on any atom is 0.337 e. The minimum Gasteiger partial charge on any atom is -0.478 e. The van der Waals surface area contributed by atoms with Crippen molar-refractivity contribution < 1.29 is 19.4 Å². The van der Waals surface area contributed by atoms with Gasteiger partial charge in [-0.2, -0.15) is 0 Å². The van der Waals surface area contributed by atoms with Crippen molar-refractivity contribution in [2.24, 2.45) is 0 Å². The van der Waals surface area contributed by atoms with Crippen molar-refractivity contribution in [3.05, 3.63) is 70.8 Å². The van der Waals surface area contributed by atoms with Crippen molar-refractivity contribution in [2.45, 2.75) is 38.5 Å². The molecular weight excluding hydrogens is 316 g/mol. The SMILES string of the molecule is COC(=O)c1ccc(C(C)CCC(C)c2ccc(C(=O)O)cc2)cc1. The van der Waals surface area contributed by atoms with E-state index in [0.29, 0.717) is 23.0 Å². The molecule has 2 rings (SSSR count). The summed E-state index contributed by atoms with van der Waals surface area (Å²) >= 11 is 0. The van der Waals surface area contributed by atoms with Gasteiger partial charge >= 0.3 is 11.9 Å². The largest absolute Gasteiger partial charge is 0.478 e. The number of aromatic carboxylic acids is 1. The minimum absolute atomic E-state index is 0.315. The first kappa shape index (κ1) is 18.7. The Morgan fingerprint density at radius 1 is 0.840 bits per heavy atom. The van der Waals surface area contributed by atoms with Gasteiger partial charge in [0.1, 0.15) is 0 Å². The summed E-state index contributed by atoms with van der Waals surface area (Å²) in [5.74, 6) is -0.479. The molecule has 0 saturated heterocycles.